The maximum absolute atomic E-state index is 11.5. The van der Waals surface area contributed by atoms with E-state index in [0.29, 0.717) is 11.3 Å². The van der Waals surface area contributed by atoms with Crippen LogP contribution in [-0.4, -0.2) is 44.0 Å². The molecule has 0 bridgehead atoms. The molecule has 1 aromatic carbocycles. The highest BCUT2D eigenvalue weighted by Gasteiger charge is 2.06. The van der Waals surface area contributed by atoms with Crippen LogP contribution in [-0.2, 0) is 0 Å². The number of carbonyl (C=O) groups is 1. The topological polar surface area (TPSA) is 70.4 Å². The minimum Gasteiger partial charge on any atom is -0.397 e. The SMILES string of the molecule is CCCN(CC)CCNc1ccc(C(=O)NC)cc1N. The Bertz CT molecular complexity index is 434. The van der Waals surface area contributed by atoms with Gasteiger partial charge < -0.3 is 21.3 Å². The molecule has 0 aliphatic rings. The summed E-state index contributed by atoms with van der Waals surface area (Å²) in [5.74, 6) is -0.122. The molecule has 0 aliphatic heterocycles. The zero-order chi connectivity index (χ0) is 15.0. The number of likely N-dealkylation sites (N-methyl/N-ethyl adjacent to an activating group) is 1. The Morgan fingerprint density at radius 2 is 2.05 bits per heavy atom. The number of nitrogen functional groups attached to an aromatic ring is 1. The Morgan fingerprint density at radius 3 is 2.60 bits per heavy atom. The third-order valence-corrected chi connectivity index (χ3v) is 3.27. The maximum atomic E-state index is 11.5. The molecule has 0 saturated heterocycles. The lowest BCUT2D eigenvalue weighted by Crippen LogP contribution is -2.29. The summed E-state index contributed by atoms with van der Waals surface area (Å²) in [5.41, 5.74) is 8.03. The van der Waals surface area contributed by atoms with Crippen molar-refractivity contribution in [2.24, 2.45) is 0 Å². The molecule has 1 rings (SSSR count). The predicted molar refractivity (Wildman–Crippen MR) is 85.1 cm³/mol. The zero-order valence-electron chi connectivity index (χ0n) is 12.7. The van der Waals surface area contributed by atoms with E-state index in [9.17, 15) is 4.79 Å². The lowest BCUT2D eigenvalue weighted by atomic mass is 10.1. The molecule has 0 radical (unpaired) electrons. The fourth-order valence-corrected chi connectivity index (χ4v) is 2.10. The maximum Gasteiger partial charge on any atom is 0.251 e. The Kier molecular flexibility index (Phi) is 6.87. The molecular weight excluding hydrogens is 252 g/mol. The van der Waals surface area contributed by atoms with Crippen LogP contribution >= 0.6 is 0 Å². The lowest BCUT2D eigenvalue weighted by molar-refractivity contribution is 0.0963. The summed E-state index contributed by atoms with van der Waals surface area (Å²) >= 11 is 0. The van der Waals surface area contributed by atoms with Crippen LogP contribution in [0.1, 0.15) is 30.6 Å². The van der Waals surface area contributed by atoms with Crippen molar-refractivity contribution in [1.29, 1.82) is 0 Å². The number of nitrogens with two attached hydrogens (primary N) is 1. The first-order chi connectivity index (χ1) is 9.62. The molecule has 112 valence electrons. The van der Waals surface area contributed by atoms with Crippen LogP contribution in [0.4, 0.5) is 11.4 Å². The van der Waals surface area contributed by atoms with E-state index in [1.807, 2.05) is 6.07 Å². The molecule has 1 amide bonds. The van der Waals surface area contributed by atoms with Gasteiger partial charge >= 0.3 is 0 Å². The Labute approximate surface area is 121 Å². The van der Waals surface area contributed by atoms with Gasteiger partial charge in [0.2, 0.25) is 0 Å². The van der Waals surface area contributed by atoms with Crippen molar-refractivity contribution in [3.8, 4) is 0 Å². The third kappa shape index (κ3) is 4.74. The Balaban J connectivity index is 2.54. The molecule has 0 unspecified atom stereocenters. The van der Waals surface area contributed by atoms with Crippen LogP contribution in [0.3, 0.4) is 0 Å². The fourth-order valence-electron chi connectivity index (χ4n) is 2.10. The highest BCUT2D eigenvalue weighted by atomic mass is 16.1. The zero-order valence-corrected chi connectivity index (χ0v) is 12.7. The van der Waals surface area contributed by atoms with E-state index >= 15 is 0 Å². The highest BCUT2D eigenvalue weighted by Crippen LogP contribution is 2.19. The molecule has 0 saturated carbocycles. The molecule has 0 fully saturated rings. The van der Waals surface area contributed by atoms with Crippen molar-refractivity contribution in [3.05, 3.63) is 23.8 Å². The molecular formula is C15H26N4O. The molecule has 0 heterocycles. The summed E-state index contributed by atoms with van der Waals surface area (Å²) in [6.45, 7) is 8.36. The van der Waals surface area contributed by atoms with Crippen LogP contribution in [0, 0.1) is 0 Å². The van der Waals surface area contributed by atoms with Crippen LogP contribution in [0.15, 0.2) is 18.2 Å². The van der Waals surface area contributed by atoms with Crippen LogP contribution in [0.2, 0.25) is 0 Å². The molecule has 1 aromatic rings. The number of amides is 1. The first kappa shape index (κ1) is 16.3. The first-order valence-corrected chi connectivity index (χ1v) is 7.20. The van der Waals surface area contributed by atoms with E-state index < -0.39 is 0 Å². The van der Waals surface area contributed by atoms with Gasteiger partial charge in [0.1, 0.15) is 0 Å². The van der Waals surface area contributed by atoms with E-state index in [4.69, 9.17) is 5.73 Å². The standard InChI is InChI=1S/C15H26N4O/c1-4-9-19(5-2)10-8-18-14-7-6-12(11-13(14)16)15(20)17-3/h6-7,11,18H,4-5,8-10,16H2,1-3H3,(H,17,20). The molecule has 0 aromatic heterocycles. The second kappa shape index (κ2) is 8.43. The third-order valence-electron chi connectivity index (χ3n) is 3.27. The quantitative estimate of drug-likeness (QED) is 0.634. The van der Waals surface area contributed by atoms with Crippen LogP contribution < -0.4 is 16.4 Å². The van der Waals surface area contributed by atoms with Crippen LogP contribution in [0.25, 0.3) is 0 Å². The number of nitrogens with one attached hydrogen (secondary N) is 2. The summed E-state index contributed by atoms with van der Waals surface area (Å²) in [6, 6.07) is 5.34. The predicted octanol–water partition coefficient (Wildman–Crippen LogP) is 1.77. The van der Waals surface area contributed by atoms with E-state index in [0.717, 1.165) is 38.3 Å². The smallest absolute Gasteiger partial charge is 0.251 e. The first-order valence-electron chi connectivity index (χ1n) is 7.20. The summed E-state index contributed by atoms with van der Waals surface area (Å²) in [6.07, 6.45) is 1.16. The number of carbonyl (C=O) groups excluding carboxylic acids is 1. The fraction of sp³-hybridized carbons (Fsp3) is 0.533. The molecule has 4 N–H and O–H groups in total. The van der Waals surface area contributed by atoms with Gasteiger partial charge in [-0.25, -0.2) is 0 Å². The largest absolute Gasteiger partial charge is 0.397 e. The van der Waals surface area contributed by atoms with Crippen molar-refractivity contribution in [1.82, 2.24) is 10.2 Å². The molecule has 0 atom stereocenters. The second-order valence-corrected chi connectivity index (χ2v) is 4.74. The second-order valence-electron chi connectivity index (χ2n) is 4.74. The van der Waals surface area contributed by atoms with E-state index in [1.165, 1.54) is 0 Å². The van der Waals surface area contributed by atoms with Crippen molar-refractivity contribution >= 4 is 17.3 Å². The van der Waals surface area contributed by atoms with E-state index in [2.05, 4.69) is 29.4 Å². The molecule has 0 aliphatic carbocycles. The molecule has 0 spiro atoms. The van der Waals surface area contributed by atoms with Crippen molar-refractivity contribution in [2.75, 3.05) is 44.3 Å². The monoisotopic (exact) mass is 278 g/mol. The number of nitrogens with zero attached hydrogens (tertiary/aromatic N) is 1. The Morgan fingerprint density at radius 1 is 1.30 bits per heavy atom. The average Bonchev–Trinajstić information content (AvgIpc) is 2.46. The normalized spacial score (nSPS) is 10.6. The van der Waals surface area contributed by atoms with Gasteiger partial charge in [0.25, 0.3) is 5.91 Å². The van der Waals surface area contributed by atoms with Gasteiger partial charge in [0.15, 0.2) is 0 Å². The Hall–Kier alpha value is -1.75. The lowest BCUT2D eigenvalue weighted by Gasteiger charge is -2.20. The van der Waals surface area contributed by atoms with Gasteiger partial charge in [-0.2, -0.15) is 0 Å². The highest BCUT2D eigenvalue weighted by molar-refractivity contribution is 5.95. The minimum atomic E-state index is -0.122. The van der Waals surface area contributed by atoms with E-state index in [-0.39, 0.29) is 5.91 Å². The van der Waals surface area contributed by atoms with Crippen molar-refractivity contribution in [2.45, 2.75) is 20.3 Å². The summed E-state index contributed by atoms with van der Waals surface area (Å²) < 4.78 is 0. The van der Waals surface area contributed by atoms with Gasteiger partial charge in [0.05, 0.1) is 11.4 Å². The van der Waals surface area contributed by atoms with Crippen molar-refractivity contribution < 1.29 is 4.79 Å². The van der Waals surface area contributed by atoms with Gasteiger partial charge in [-0.05, 0) is 37.7 Å². The molecule has 20 heavy (non-hydrogen) atoms. The molecule has 5 heteroatoms. The molecule has 5 nitrogen and oxygen atoms in total. The van der Waals surface area contributed by atoms with Gasteiger partial charge in [-0.3, -0.25) is 4.79 Å². The average molecular weight is 278 g/mol. The van der Waals surface area contributed by atoms with Crippen molar-refractivity contribution in [3.63, 3.8) is 0 Å². The summed E-state index contributed by atoms with van der Waals surface area (Å²) in [5, 5.41) is 5.91. The van der Waals surface area contributed by atoms with Gasteiger partial charge in [-0.15, -0.1) is 0 Å². The van der Waals surface area contributed by atoms with Crippen LogP contribution in [0.5, 0.6) is 0 Å². The number of hydrogen-bond acceptors (Lipinski definition) is 4. The number of rotatable bonds is 8. The number of anilines is 2. The van der Waals surface area contributed by atoms with Gasteiger partial charge in [-0.1, -0.05) is 13.8 Å². The summed E-state index contributed by atoms with van der Waals surface area (Å²) in [7, 11) is 1.61. The number of benzene rings is 1. The number of hydrogen-bond donors (Lipinski definition) is 3. The minimum absolute atomic E-state index is 0.122. The van der Waals surface area contributed by atoms with E-state index in [1.54, 1.807) is 19.2 Å². The van der Waals surface area contributed by atoms with Gasteiger partial charge in [0, 0.05) is 25.7 Å². The summed E-state index contributed by atoms with van der Waals surface area (Å²) in [4.78, 5) is 13.9.